The van der Waals surface area contributed by atoms with Crippen LogP contribution >= 0.6 is 0 Å². The summed E-state index contributed by atoms with van der Waals surface area (Å²) in [6.45, 7) is 11.4. The quantitative estimate of drug-likeness (QED) is 0.510. The van der Waals surface area contributed by atoms with Crippen LogP contribution < -0.4 is 0 Å². The molecule has 166 valence electrons. The SMILES string of the molecule is [C-]#[N+]CN(C(=O)OC(C)(C)C)S(=O)(=O)c1ccc(-c2nnn(Cc3ccncn3)n2)cc1. The molecular weight excluding hydrogens is 436 g/mol. The Morgan fingerprint density at radius 1 is 1.22 bits per heavy atom. The molecule has 3 aromatic rings. The van der Waals surface area contributed by atoms with Gasteiger partial charge in [-0.05, 0) is 56.3 Å². The van der Waals surface area contributed by atoms with Crippen molar-refractivity contribution in [1.82, 2.24) is 34.5 Å². The number of ether oxygens (including phenoxy) is 1. The summed E-state index contributed by atoms with van der Waals surface area (Å²) in [4.78, 5) is 24.5. The highest BCUT2D eigenvalue weighted by molar-refractivity contribution is 7.89. The minimum absolute atomic E-state index is 0.177. The predicted molar refractivity (Wildman–Crippen MR) is 111 cm³/mol. The van der Waals surface area contributed by atoms with E-state index >= 15 is 0 Å². The molecule has 12 nitrogen and oxygen atoms in total. The summed E-state index contributed by atoms with van der Waals surface area (Å²) in [5.74, 6) is 0.285. The Labute approximate surface area is 184 Å². The first-order chi connectivity index (χ1) is 15.1. The summed E-state index contributed by atoms with van der Waals surface area (Å²) in [5.41, 5.74) is 0.305. The Morgan fingerprint density at radius 3 is 2.53 bits per heavy atom. The predicted octanol–water partition coefficient (Wildman–Crippen LogP) is 1.98. The van der Waals surface area contributed by atoms with Gasteiger partial charge >= 0.3 is 12.8 Å². The van der Waals surface area contributed by atoms with Crippen molar-refractivity contribution in [1.29, 1.82) is 0 Å². The maximum Gasteiger partial charge on any atom is 0.430 e. The van der Waals surface area contributed by atoms with Gasteiger partial charge in [0.05, 0.1) is 10.6 Å². The Morgan fingerprint density at radius 2 is 1.94 bits per heavy atom. The molecule has 0 radical (unpaired) electrons. The number of tetrazole rings is 1. The Hall–Kier alpha value is -3.92. The molecule has 0 aliphatic carbocycles. The number of aromatic nitrogens is 6. The minimum atomic E-state index is -4.30. The lowest BCUT2D eigenvalue weighted by molar-refractivity contribution is 0.0403. The highest BCUT2D eigenvalue weighted by Gasteiger charge is 2.35. The van der Waals surface area contributed by atoms with E-state index in [1.165, 1.54) is 35.4 Å². The number of sulfonamides is 1. The molecule has 0 saturated heterocycles. The largest absolute Gasteiger partial charge is 0.443 e. The van der Waals surface area contributed by atoms with E-state index in [1.807, 2.05) is 0 Å². The maximum atomic E-state index is 12.9. The summed E-state index contributed by atoms with van der Waals surface area (Å²) in [7, 11) is -4.30. The molecule has 0 saturated carbocycles. The van der Waals surface area contributed by atoms with Gasteiger partial charge in [-0.2, -0.15) is 4.80 Å². The van der Waals surface area contributed by atoms with Gasteiger partial charge in [-0.1, -0.05) is 0 Å². The van der Waals surface area contributed by atoms with Crippen LogP contribution in [0.5, 0.6) is 0 Å². The average molecular weight is 456 g/mol. The number of nitrogens with zero attached hydrogens (tertiary/aromatic N) is 8. The third kappa shape index (κ3) is 5.41. The summed E-state index contributed by atoms with van der Waals surface area (Å²) < 4.78 is 31.4. The lowest BCUT2D eigenvalue weighted by Crippen LogP contribution is -2.40. The average Bonchev–Trinajstić information content (AvgIpc) is 3.20. The molecule has 13 heteroatoms. The number of carbonyl (C=O) groups is 1. The summed E-state index contributed by atoms with van der Waals surface area (Å²) in [6.07, 6.45) is 1.90. The molecule has 3 rings (SSSR count). The van der Waals surface area contributed by atoms with Crippen molar-refractivity contribution >= 4 is 16.1 Å². The van der Waals surface area contributed by atoms with Crippen LogP contribution in [0.25, 0.3) is 16.2 Å². The van der Waals surface area contributed by atoms with Gasteiger partial charge in [0.2, 0.25) is 5.82 Å². The van der Waals surface area contributed by atoms with Gasteiger partial charge in [-0.25, -0.2) is 29.8 Å². The van der Waals surface area contributed by atoms with E-state index in [-0.39, 0.29) is 10.7 Å². The minimum Gasteiger partial charge on any atom is -0.443 e. The first-order valence-electron chi connectivity index (χ1n) is 9.32. The van der Waals surface area contributed by atoms with E-state index in [9.17, 15) is 13.2 Å². The molecule has 0 aliphatic rings. The number of amides is 1. The van der Waals surface area contributed by atoms with Crippen LogP contribution in [0.4, 0.5) is 4.79 Å². The van der Waals surface area contributed by atoms with Crippen molar-refractivity contribution in [3.8, 4) is 11.4 Å². The second-order valence-electron chi connectivity index (χ2n) is 7.50. The van der Waals surface area contributed by atoms with Crippen LogP contribution in [0.15, 0.2) is 47.8 Å². The molecule has 0 fully saturated rings. The van der Waals surface area contributed by atoms with E-state index in [0.717, 1.165) is 0 Å². The molecule has 2 heterocycles. The van der Waals surface area contributed by atoms with Crippen molar-refractivity contribution in [3.63, 3.8) is 0 Å². The first kappa shape index (κ1) is 22.8. The molecule has 0 atom stereocenters. The van der Waals surface area contributed by atoms with Crippen LogP contribution in [0, 0.1) is 6.57 Å². The highest BCUT2D eigenvalue weighted by atomic mass is 32.2. The van der Waals surface area contributed by atoms with Crippen LogP contribution in [0.2, 0.25) is 0 Å². The molecule has 0 aliphatic heterocycles. The van der Waals surface area contributed by atoms with Crippen molar-refractivity contribution in [3.05, 3.63) is 60.0 Å². The standard InChI is InChI=1S/C19H20N8O4S/c1-19(2,3)31-18(28)26(13-20-4)32(29,30)16-7-5-14(6-8-16)17-23-25-27(24-17)11-15-9-10-21-12-22-15/h5-10,12H,11,13H2,1-3H3. The Kier molecular flexibility index (Phi) is 6.45. The van der Waals surface area contributed by atoms with E-state index < -0.39 is 28.4 Å². The first-order valence-corrected chi connectivity index (χ1v) is 10.8. The van der Waals surface area contributed by atoms with Gasteiger partial charge in [0.1, 0.15) is 18.5 Å². The fraction of sp³-hybridized carbons (Fsp3) is 0.316. The van der Waals surface area contributed by atoms with Crippen LogP contribution in [0.3, 0.4) is 0 Å². The van der Waals surface area contributed by atoms with Crippen molar-refractivity contribution in [2.75, 3.05) is 6.67 Å². The van der Waals surface area contributed by atoms with E-state index in [4.69, 9.17) is 11.3 Å². The number of carbonyl (C=O) groups excluding carboxylic acids is 1. The van der Waals surface area contributed by atoms with Gasteiger partial charge in [0.25, 0.3) is 10.0 Å². The maximum absolute atomic E-state index is 12.9. The normalized spacial score (nSPS) is 11.6. The second kappa shape index (κ2) is 9.06. The van der Waals surface area contributed by atoms with Crippen LogP contribution in [0.1, 0.15) is 26.5 Å². The fourth-order valence-electron chi connectivity index (χ4n) is 2.49. The van der Waals surface area contributed by atoms with Gasteiger partial charge in [0, 0.05) is 11.8 Å². The lowest BCUT2D eigenvalue weighted by Gasteiger charge is -2.24. The van der Waals surface area contributed by atoms with Crippen LogP contribution in [-0.4, -0.2) is 61.3 Å². The summed E-state index contributed by atoms with van der Waals surface area (Å²) in [6, 6.07) is 7.31. The third-order valence-corrected chi connectivity index (χ3v) is 5.61. The highest BCUT2D eigenvalue weighted by Crippen LogP contribution is 2.22. The molecule has 0 spiro atoms. The number of rotatable bonds is 6. The summed E-state index contributed by atoms with van der Waals surface area (Å²) in [5, 5.41) is 12.2. The fourth-order valence-corrected chi connectivity index (χ4v) is 3.67. The molecule has 1 aromatic carbocycles. The van der Waals surface area contributed by atoms with Crippen molar-refractivity contribution in [2.45, 2.75) is 37.8 Å². The monoisotopic (exact) mass is 456 g/mol. The zero-order valence-electron chi connectivity index (χ0n) is 17.6. The lowest BCUT2D eigenvalue weighted by atomic mass is 10.2. The molecule has 0 bridgehead atoms. The van der Waals surface area contributed by atoms with E-state index in [2.05, 4.69) is 30.2 Å². The van der Waals surface area contributed by atoms with Crippen LogP contribution in [-0.2, 0) is 21.3 Å². The molecule has 2 aromatic heterocycles. The van der Waals surface area contributed by atoms with Gasteiger partial charge in [0.15, 0.2) is 0 Å². The summed E-state index contributed by atoms with van der Waals surface area (Å²) >= 11 is 0. The van der Waals surface area contributed by atoms with E-state index in [1.54, 1.807) is 33.0 Å². The third-order valence-electron chi connectivity index (χ3n) is 3.90. The molecule has 32 heavy (non-hydrogen) atoms. The van der Waals surface area contributed by atoms with Gasteiger partial charge in [-0.3, -0.25) is 4.85 Å². The second-order valence-corrected chi connectivity index (χ2v) is 9.36. The topological polar surface area (TPSA) is 137 Å². The number of benzene rings is 1. The molecule has 0 unspecified atom stereocenters. The Bertz CT molecular complexity index is 1230. The van der Waals surface area contributed by atoms with Crippen molar-refractivity contribution in [2.24, 2.45) is 0 Å². The number of hydrogen-bond acceptors (Lipinski definition) is 9. The smallest absolute Gasteiger partial charge is 0.430 e. The Balaban J connectivity index is 1.81. The van der Waals surface area contributed by atoms with Gasteiger partial charge in [-0.15, -0.1) is 14.5 Å². The van der Waals surface area contributed by atoms with Crippen molar-refractivity contribution < 1.29 is 17.9 Å². The molecule has 0 N–H and O–H groups in total. The number of hydrogen-bond donors (Lipinski definition) is 0. The molecule has 1 amide bonds. The molecular formula is C19H20N8O4S. The zero-order chi connectivity index (χ0) is 23.4. The van der Waals surface area contributed by atoms with E-state index in [0.29, 0.717) is 22.1 Å². The zero-order valence-corrected chi connectivity index (χ0v) is 18.4. The van der Waals surface area contributed by atoms with Gasteiger partial charge < -0.3 is 4.74 Å².